The third kappa shape index (κ3) is 1.85. The molecule has 6 rings (SSSR count). The van der Waals surface area contributed by atoms with Crippen LogP contribution in [0.1, 0.15) is 0 Å². The highest BCUT2D eigenvalue weighted by molar-refractivity contribution is 14.1. The van der Waals surface area contributed by atoms with E-state index in [0.717, 1.165) is 0 Å². The van der Waals surface area contributed by atoms with E-state index in [-0.39, 0.29) is 0 Å². The van der Waals surface area contributed by atoms with Gasteiger partial charge in [0.15, 0.2) is 0 Å². The lowest BCUT2D eigenvalue weighted by molar-refractivity contribution is 1.20. The van der Waals surface area contributed by atoms with E-state index in [4.69, 9.17) is 0 Å². The number of hydrogen-bond acceptors (Lipinski definition) is 0. The van der Waals surface area contributed by atoms with Gasteiger partial charge in [0.2, 0.25) is 0 Å². The molecular formula is C24H14IN. The Bertz CT molecular complexity index is 1440. The van der Waals surface area contributed by atoms with Crippen LogP contribution < -0.4 is 0 Å². The van der Waals surface area contributed by atoms with Gasteiger partial charge in [0, 0.05) is 19.7 Å². The summed E-state index contributed by atoms with van der Waals surface area (Å²) in [5.74, 6) is 0. The van der Waals surface area contributed by atoms with Crippen LogP contribution in [-0.4, -0.2) is 4.57 Å². The fourth-order valence-corrected chi connectivity index (χ4v) is 4.95. The molecule has 0 aliphatic rings. The molecule has 26 heavy (non-hydrogen) atoms. The molecule has 0 aliphatic heterocycles. The summed E-state index contributed by atoms with van der Waals surface area (Å²) in [6.07, 6.45) is 0. The van der Waals surface area contributed by atoms with Gasteiger partial charge in [0.25, 0.3) is 0 Å². The van der Waals surface area contributed by atoms with Crippen molar-refractivity contribution in [2.75, 3.05) is 0 Å². The molecule has 1 nitrogen and oxygen atoms in total. The second kappa shape index (κ2) is 5.21. The Labute approximate surface area is 164 Å². The highest BCUT2D eigenvalue weighted by Crippen LogP contribution is 2.40. The first-order valence-electron chi connectivity index (χ1n) is 8.74. The lowest BCUT2D eigenvalue weighted by atomic mass is 10.0. The highest BCUT2D eigenvalue weighted by atomic mass is 127. The van der Waals surface area contributed by atoms with E-state index in [2.05, 4.69) is 112 Å². The maximum Gasteiger partial charge on any atom is 0.0558 e. The predicted molar refractivity (Wildman–Crippen MR) is 120 cm³/mol. The molecule has 6 aromatic rings. The molecule has 0 aliphatic carbocycles. The monoisotopic (exact) mass is 443 g/mol. The van der Waals surface area contributed by atoms with Gasteiger partial charge in [-0.1, -0.05) is 60.7 Å². The van der Waals surface area contributed by atoms with E-state index >= 15 is 0 Å². The van der Waals surface area contributed by atoms with Gasteiger partial charge in [-0.15, -0.1) is 0 Å². The molecule has 0 saturated carbocycles. The van der Waals surface area contributed by atoms with Gasteiger partial charge in [-0.05, 0) is 63.0 Å². The van der Waals surface area contributed by atoms with Crippen molar-refractivity contribution >= 4 is 65.9 Å². The van der Waals surface area contributed by atoms with Crippen LogP contribution in [0.3, 0.4) is 0 Å². The van der Waals surface area contributed by atoms with E-state index in [9.17, 15) is 0 Å². The Hall–Kier alpha value is -2.59. The number of hydrogen-bond donors (Lipinski definition) is 0. The summed E-state index contributed by atoms with van der Waals surface area (Å²) in [6.45, 7) is 0. The molecule has 1 heterocycles. The van der Waals surface area contributed by atoms with Crippen molar-refractivity contribution in [1.29, 1.82) is 0 Å². The minimum Gasteiger partial charge on any atom is -0.309 e. The van der Waals surface area contributed by atoms with Gasteiger partial charge < -0.3 is 4.57 Å². The topological polar surface area (TPSA) is 4.93 Å². The summed E-state index contributed by atoms with van der Waals surface area (Å²) >= 11 is 2.43. The standard InChI is InChI=1S/C24H14IN/c25-18-13-17-12-11-16-7-4-10-21-23(16)24(17)22(14-18)26(21)20-9-3-6-15-5-1-2-8-19(15)20/h1-14H. The van der Waals surface area contributed by atoms with Crippen LogP contribution in [0.2, 0.25) is 0 Å². The van der Waals surface area contributed by atoms with Crippen LogP contribution in [0.4, 0.5) is 0 Å². The number of fused-ring (bicyclic) bond motifs is 1. The Morgan fingerprint density at radius 3 is 2.27 bits per heavy atom. The molecule has 0 fully saturated rings. The molecule has 2 heteroatoms. The van der Waals surface area contributed by atoms with E-state index < -0.39 is 0 Å². The predicted octanol–water partition coefficient (Wildman–Crippen LogP) is 7.13. The number of halogens is 1. The third-order valence-corrected chi connectivity index (χ3v) is 5.99. The van der Waals surface area contributed by atoms with Gasteiger partial charge in [-0.25, -0.2) is 0 Å². The van der Waals surface area contributed by atoms with Gasteiger partial charge in [-0.2, -0.15) is 0 Å². The van der Waals surface area contributed by atoms with E-state index in [1.807, 2.05) is 0 Å². The average Bonchev–Trinajstić information content (AvgIpc) is 3.00. The van der Waals surface area contributed by atoms with E-state index in [1.54, 1.807) is 0 Å². The minimum atomic E-state index is 1.25. The highest BCUT2D eigenvalue weighted by Gasteiger charge is 2.17. The first-order chi connectivity index (χ1) is 12.8. The summed E-state index contributed by atoms with van der Waals surface area (Å²) in [6, 6.07) is 30.9. The van der Waals surface area contributed by atoms with Crippen LogP contribution in [0.15, 0.2) is 84.9 Å². The molecule has 0 spiro atoms. The molecule has 0 bridgehead atoms. The fraction of sp³-hybridized carbons (Fsp3) is 0. The lowest BCUT2D eigenvalue weighted by Crippen LogP contribution is -1.95. The average molecular weight is 443 g/mol. The molecular weight excluding hydrogens is 429 g/mol. The summed E-state index contributed by atoms with van der Waals surface area (Å²) in [7, 11) is 0. The first-order valence-corrected chi connectivity index (χ1v) is 9.82. The van der Waals surface area contributed by atoms with Crippen molar-refractivity contribution in [3.8, 4) is 5.69 Å². The summed E-state index contributed by atoms with van der Waals surface area (Å²) in [4.78, 5) is 0. The molecule has 0 N–H and O–H groups in total. The maximum atomic E-state index is 2.44. The SMILES string of the molecule is Ic1cc2ccc3cccc4c3c2c(c1)n4-c1cccc2ccccc12. The molecule has 1 aromatic heterocycles. The van der Waals surface area contributed by atoms with Gasteiger partial charge in [0.1, 0.15) is 0 Å². The number of nitrogens with zero attached hydrogens (tertiary/aromatic N) is 1. The third-order valence-electron chi connectivity index (χ3n) is 5.37. The Morgan fingerprint density at radius 1 is 0.577 bits per heavy atom. The number of aromatic nitrogens is 1. The molecule has 122 valence electrons. The van der Waals surface area contributed by atoms with Crippen LogP contribution in [0, 0.1) is 3.57 Å². The summed E-state index contributed by atoms with van der Waals surface area (Å²) in [5, 5.41) is 7.91. The van der Waals surface area contributed by atoms with Crippen molar-refractivity contribution in [3.05, 3.63) is 88.5 Å². The maximum absolute atomic E-state index is 2.44. The van der Waals surface area contributed by atoms with Crippen LogP contribution in [0.25, 0.3) is 49.0 Å². The molecule has 5 aromatic carbocycles. The quantitative estimate of drug-likeness (QED) is 0.188. The van der Waals surface area contributed by atoms with Crippen molar-refractivity contribution in [3.63, 3.8) is 0 Å². The second-order valence-electron chi connectivity index (χ2n) is 6.80. The summed E-state index contributed by atoms with van der Waals surface area (Å²) < 4.78 is 3.71. The zero-order valence-corrected chi connectivity index (χ0v) is 16.1. The lowest BCUT2D eigenvalue weighted by Gasteiger charge is -2.11. The van der Waals surface area contributed by atoms with Crippen LogP contribution in [0.5, 0.6) is 0 Å². The smallest absolute Gasteiger partial charge is 0.0558 e. The van der Waals surface area contributed by atoms with E-state index in [1.165, 1.54) is 52.6 Å². The van der Waals surface area contributed by atoms with Gasteiger partial charge in [0.05, 0.1) is 16.7 Å². The zero-order chi connectivity index (χ0) is 17.3. The Morgan fingerprint density at radius 2 is 1.31 bits per heavy atom. The first kappa shape index (κ1) is 14.6. The van der Waals surface area contributed by atoms with Crippen molar-refractivity contribution < 1.29 is 0 Å². The number of benzene rings is 5. The fourth-order valence-electron chi connectivity index (χ4n) is 4.32. The van der Waals surface area contributed by atoms with Crippen LogP contribution >= 0.6 is 22.6 Å². The van der Waals surface area contributed by atoms with Gasteiger partial charge in [-0.3, -0.25) is 0 Å². The Balaban J connectivity index is 1.92. The van der Waals surface area contributed by atoms with Crippen molar-refractivity contribution in [1.82, 2.24) is 4.57 Å². The molecule has 0 radical (unpaired) electrons. The number of rotatable bonds is 1. The molecule has 0 saturated heterocycles. The molecule has 0 atom stereocenters. The Kier molecular flexibility index (Phi) is 2.92. The molecule has 0 unspecified atom stereocenters. The second-order valence-corrected chi connectivity index (χ2v) is 8.04. The van der Waals surface area contributed by atoms with Crippen molar-refractivity contribution in [2.24, 2.45) is 0 Å². The zero-order valence-electron chi connectivity index (χ0n) is 13.9. The van der Waals surface area contributed by atoms with Crippen molar-refractivity contribution in [2.45, 2.75) is 0 Å². The van der Waals surface area contributed by atoms with E-state index in [0.29, 0.717) is 0 Å². The largest absolute Gasteiger partial charge is 0.309 e. The van der Waals surface area contributed by atoms with Crippen LogP contribution in [-0.2, 0) is 0 Å². The molecule has 0 amide bonds. The van der Waals surface area contributed by atoms with Gasteiger partial charge >= 0.3 is 0 Å². The normalized spacial score (nSPS) is 12.0. The summed E-state index contributed by atoms with van der Waals surface area (Å²) in [5.41, 5.74) is 3.81. The minimum absolute atomic E-state index is 1.25.